The summed E-state index contributed by atoms with van der Waals surface area (Å²) in [6.07, 6.45) is 2.06. The van der Waals surface area contributed by atoms with Crippen molar-refractivity contribution in [2.24, 2.45) is 0 Å². The van der Waals surface area contributed by atoms with E-state index in [9.17, 15) is 13.2 Å². The number of halogens is 3. The minimum atomic E-state index is -4.46. The van der Waals surface area contributed by atoms with Gasteiger partial charge in [-0.05, 0) is 31.0 Å². The highest BCUT2D eigenvalue weighted by molar-refractivity contribution is 5.83. The average molecular weight is 373 g/mol. The highest BCUT2D eigenvalue weighted by Crippen LogP contribution is 2.39. The molecule has 5 rings (SSSR count). The van der Waals surface area contributed by atoms with Gasteiger partial charge in [-0.25, -0.2) is 9.97 Å². The third kappa shape index (κ3) is 2.65. The van der Waals surface area contributed by atoms with E-state index in [1.165, 1.54) is 24.6 Å². The van der Waals surface area contributed by atoms with E-state index in [0.29, 0.717) is 17.0 Å². The fourth-order valence-corrected chi connectivity index (χ4v) is 3.80. The van der Waals surface area contributed by atoms with Gasteiger partial charge in [0.05, 0.1) is 5.56 Å². The Labute approximate surface area is 151 Å². The van der Waals surface area contributed by atoms with Gasteiger partial charge in [0.25, 0.3) is 5.89 Å². The molecule has 0 aliphatic heterocycles. The van der Waals surface area contributed by atoms with Crippen LogP contribution in [-0.4, -0.2) is 24.6 Å². The van der Waals surface area contributed by atoms with Gasteiger partial charge >= 0.3 is 6.18 Å². The molecular formula is C18H14F3N5O. The fraction of sp³-hybridized carbons (Fsp3) is 0.333. The second-order valence-corrected chi connectivity index (χ2v) is 6.74. The maximum Gasteiger partial charge on any atom is 0.417 e. The normalized spacial score (nSPS) is 16.0. The lowest BCUT2D eigenvalue weighted by Crippen LogP contribution is -2.10. The van der Waals surface area contributed by atoms with Gasteiger partial charge in [0.15, 0.2) is 0 Å². The summed E-state index contributed by atoms with van der Waals surface area (Å²) in [5.41, 5.74) is 0.932. The number of aromatic nitrogens is 5. The Morgan fingerprint density at radius 2 is 1.93 bits per heavy atom. The molecule has 0 atom stereocenters. The molecule has 1 aliphatic rings. The minimum Gasteiger partial charge on any atom is -0.422 e. The average Bonchev–Trinajstić information content (AvgIpc) is 3.40. The molecule has 0 saturated heterocycles. The van der Waals surface area contributed by atoms with Crippen molar-refractivity contribution in [1.29, 1.82) is 0 Å². The molecule has 27 heavy (non-hydrogen) atoms. The number of nitrogens with zero attached hydrogens (tertiary/aromatic N) is 5. The Hall–Kier alpha value is -2.97. The van der Waals surface area contributed by atoms with Gasteiger partial charge < -0.3 is 4.42 Å². The molecule has 0 amide bonds. The van der Waals surface area contributed by atoms with Crippen molar-refractivity contribution in [2.75, 3.05) is 0 Å². The molecule has 0 N–H and O–H groups in total. The molecule has 9 heteroatoms. The molecule has 0 radical (unpaired) electrons. The van der Waals surface area contributed by atoms with E-state index >= 15 is 0 Å². The Bertz CT molecular complexity index is 1130. The quantitative estimate of drug-likeness (QED) is 0.513. The van der Waals surface area contributed by atoms with Crippen LogP contribution in [0.1, 0.15) is 42.9 Å². The van der Waals surface area contributed by atoms with Gasteiger partial charge in [0.2, 0.25) is 6.39 Å². The largest absolute Gasteiger partial charge is 0.422 e. The van der Waals surface area contributed by atoms with Crippen molar-refractivity contribution >= 4 is 16.7 Å². The van der Waals surface area contributed by atoms with Gasteiger partial charge in [-0.1, -0.05) is 12.8 Å². The molecule has 0 unspecified atom stereocenters. The first kappa shape index (κ1) is 16.2. The molecule has 138 valence electrons. The Morgan fingerprint density at radius 1 is 1.11 bits per heavy atom. The number of pyridine rings is 2. The molecular weight excluding hydrogens is 359 g/mol. The van der Waals surface area contributed by atoms with Gasteiger partial charge in [0, 0.05) is 23.2 Å². The first-order valence-electron chi connectivity index (χ1n) is 8.67. The van der Waals surface area contributed by atoms with Gasteiger partial charge in [0.1, 0.15) is 17.0 Å². The van der Waals surface area contributed by atoms with E-state index < -0.39 is 11.7 Å². The standard InChI is InChI=1S/C18H14F3N5O/c19-18(20,21)12-7-13(10-3-1-2-4-10)24-16-11(12)5-6-15-23-14(8-26(15)16)17-25-22-9-27-17/h5-10H,1-4H2. The molecule has 0 bridgehead atoms. The summed E-state index contributed by atoms with van der Waals surface area (Å²) in [6, 6.07) is 4.16. The summed E-state index contributed by atoms with van der Waals surface area (Å²) in [5, 5.41) is 7.47. The number of hydrogen-bond donors (Lipinski definition) is 0. The number of alkyl halides is 3. The first-order chi connectivity index (χ1) is 13.0. The molecule has 4 aromatic heterocycles. The lowest BCUT2D eigenvalue weighted by atomic mass is 10.00. The zero-order chi connectivity index (χ0) is 18.6. The third-order valence-electron chi connectivity index (χ3n) is 5.08. The van der Waals surface area contributed by atoms with Gasteiger partial charge in [-0.15, -0.1) is 10.2 Å². The molecule has 1 saturated carbocycles. The Balaban J connectivity index is 1.80. The van der Waals surface area contributed by atoms with Crippen LogP contribution >= 0.6 is 0 Å². The van der Waals surface area contributed by atoms with Crippen LogP contribution in [0.5, 0.6) is 0 Å². The molecule has 0 spiro atoms. The van der Waals surface area contributed by atoms with E-state index in [1.54, 1.807) is 10.6 Å². The van der Waals surface area contributed by atoms with Crippen molar-refractivity contribution < 1.29 is 17.6 Å². The zero-order valence-corrected chi connectivity index (χ0v) is 14.1. The van der Waals surface area contributed by atoms with Crippen LogP contribution in [0.3, 0.4) is 0 Å². The summed E-state index contributed by atoms with van der Waals surface area (Å²) < 4.78 is 47.9. The number of rotatable bonds is 2. The van der Waals surface area contributed by atoms with Crippen LogP contribution in [0.15, 0.2) is 35.2 Å². The molecule has 1 aliphatic carbocycles. The summed E-state index contributed by atoms with van der Waals surface area (Å²) in [7, 11) is 0. The molecule has 1 fully saturated rings. The Kier molecular flexibility index (Phi) is 3.46. The SMILES string of the molecule is FC(F)(F)c1cc(C2CCCC2)nc2c1ccc1nc(-c3nnco3)cn12. The predicted octanol–water partition coefficient (Wildman–Crippen LogP) is 4.61. The minimum absolute atomic E-state index is 0.0474. The molecule has 4 aromatic rings. The summed E-state index contributed by atoms with van der Waals surface area (Å²) >= 11 is 0. The van der Waals surface area contributed by atoms with E-state index in [4.69, 9.17) is 4.42 Å². The number of imidazole rings is 1. The smallest absolute Gasteiger partial charge is 0.417 e. The highest BCUT2D eigenvalue weighted by Gasteiger charge is 2.35. The van der Waals surface area contributed by atoms with Crippen molar-refractivity contribution in [3.05, 3.63) is 42.0 Å². The molecule has 4 heterocycles. The number of hydrogen-bond acceptors (Lipinski definition) is 5. The zero-order valence-electron chi connectivity index (χ0n) is 14.1. The van der Waals surface area contributed by atoms with Crippen LogP contribution in [-0.2, 0) is 6.18 Å². The predicted molar refractivity (Wildman–Crippen MR) is 90.0 cm³/mol. The maximum atomic E-state index is 13.7. The monoisotopic (exact) mass is 373 g/mol. The lowest BCUT2D eigenvalue weighted by Gasteiger charge is -2.16. The van der Waals surface area contributed by atoms with Gasteiger partial charge in [-0.2, -0.15) is 13.2 Å². The van der Waals surface area contributed by atoms with Crippen LogP contribution in [0, 0.1) is 0 Å². The Morgan fingerprint density at radius 3 is 2.63 bits per heavy atom. The van der Waals surface area contributed by atoms with Crippen molar-refractivity contribution in [3.8, 4) is 11.6 Å². The van der Waals surface area contributed by atoms with E-state index in [-0.39, 0.29) is 22.8 Å². The van der Waals surface area contributed by atoms with Crippen LogP contribution < -0.4 is 0 Å². The third-order valence-corrected chi connectivity index (χ3v) is 5.08. The second-order valence-electron chi connectivity index (χ2n) is 6.74. The summed E-state index contributed by atoms with van der Waals surface area (Å²) in [6.45, 7) is 0. The molecule has 6 nitrogen and oxygen atoms in total. The van der Waals surface area contributed by atoms with E-state index in [0.717, 1.165) is 25.7 Å². The van der Waals surface area contributed by atoms with Crippen molar-refractivity contribution in [3.63, 3.8) is 0 Å². The van der Waals surface area contributed by atoms with Crippen LogP contribution in [0.25, 0.3) is 28.3 Å². The highest BCUT2D eigenvalue weighted by atomic mass is 19.4. The number of fused-ring (bicyclic) bond motifs is 3. The topological polar surface area (TPSA) is 69.1 Å². The van der Waals surface area contributed by atoms with Crippen LogP contribution in [0.2, 0.25) is 0 Å². The second kappa shape index (κ2) is 5.77. The summed E-state index contributed by atoms with van der Waals surface area (Å²) in [4.78, 5) is 8.98. The van der Waals surface area contributed by atoms with Gasteiger partial charge in [-0.3, -0.25) is 4.40 Å². The molecule has 0 aromatic carbocycles. The van der Waals surface area contributed by atoms with E-state index in [1.807, 2.05) is 0 Å². The van der Waals surface area contributed by atoms with Crippen molar-refractivity contribution in [2.45, 2.75) is 37.8 Å². The van der Waals surface area contributed by atoms with Crippen LogP contribution in [0.4, 0.5) is 13.2 Å². The van der Waals surface area contributed by atoms with Crippen molar-refractivity contribution in [1.82, 2.24) is 24.6 Å². The lowest BCUT2D eigenvalue weighted by molar-refractivity contribution is -0.136. The fourth-order valence-electron chi connectivity index (χ4n) is 3.80. The summed E-state index contributed by atoms with van der Waals surface area (Å²) in [5.74, 6) is 0.263. The maximum absolute atomic E-state index is 13.7. The first-order valence-corrected chi connectivity index (χ1v) is 8.67. The van der Waals surface area contributed by atoms with E-state index in [2.05, 4.69) is 20.2 Å².